The normalized spacial score (nSPS) is 11.7. The zero-order valence-electron chi connectivity index (χ0n) is 13.7. The predicted octanol–water partition coefficient (Wildman–Crippen LogP) is 4.98. The number of benzene rings is 1. The number of aromatic nitrogens is 2. The second kappa shape index (κ2) is 5.89. The van der Waals surface area contributed by atoms with Gasteiger partial charge in [-0.2, -0.15) is 0 Å². The first kappa shape index (κ1) is 15.9. The molecular formula is C18H20BrN3O. The monoisotopic (exact) mass is 373 g/mol. The van der Waals surface area contributed by atoms with E-state index in [4.69, 9.17) is 9.72 Å². The second-order valence-electron chi connectivity index (χ2n) is 6.49. The number of hydrogen-bond donors (Lipinski definition) is 1. The van der Waals surface area contributed by atoms with Crippen molar-refractivity contribution in [2.24, 2.45) is 0 Å². The summed E-state index contributed by atoms with van der Waals surface area (Å²) in [6.45, 7) is 6.42. The molecule has 1 aromatic carbocycles. The van der Waals surface area contributed by atoms with Crippen LogP contribution in [0.2, 0.25) is 0 Å². The van der Waals surface area contributed by atoms with E-state index in [2.05, 4.69) is 46.4 Å². The van der Waals surface area contributed by atoms with Crippen molar-refractivity contribution in [1.82, 2.24) is 9.38 Å². The Morgan fingerprint density at radius 3 is 2.39 bits per heavy atom. The van der Waals surface area contributed by atoms with Gasteiger partial charge in [0.2, 0.25) is 0 Å². The fourth-order valence-corrected chi connectivity index (χ4v) is 2.78. The van der Waals surface area contributed by atoms with E-state index in [1.54, 1.807) is 7.11 Å². The number of nitrogens with one attached hydrogen (secondary N) is 1. The van der Waals surface area contributed by atoms with E-state index in [1.807, 2.05) is 42.6 Å². The van der Waals surface area contributed by atoms with Gasteiger partial charge >= 0.3 is 0 Å². The van der Waals surface area contributed by atoms with Crippen molar-refractivity contribution in [2.45, 2.75) is 26.3 Å². The Labute approximate surface area is 144 Å². The maximum absolute atomic E-state index is 5.24. The lowest BCUT2D eigenvalue weighted by Gasteiger charge is -2.22. The highest BCUT2D eigenvalue weighted by Crippen LogP contribution is 2.32. The first-order chi connectivity index (χ1) is 10.9. The highest BCUT2D eigenvalue weighted by molar-refractivity contribution is 9.10. The molecule has 0 saturated carbocycles. The Hall–Kier alpha value is -2.01. The molecule has 23 heavy (non-hydrogen) atoms. The van der Waals surface area contributed by atoms with Crippen LogP contribution in [0, 0.1) is 0 Å². The largest absolute Gasteiger partial charge is 0.497 e. The molecule has 3 rings (SSSR count). The molecule has 0 aliphatic heterocycles. The van der Waals surface area contributed by atoms with E-state index in [0.29, 0.717) is 0 Å². The summed E-state index contributed by atoms with van der Waals surface area (Å²) >= 11 is 3.54. The number of fused-ring (bicyclic) bond motifs is 1. The van der Waals surface area contributed by atoms with E-state index < -0.39 is 0 Å². The zero-order chi connectivity index (χ0) is 16.6. The number of ether oxygens (including phenoxy) is 1. The average molecular weight is 374 g/mol. The first-order valence-corrected chi connectivity index (χ1v) is 8.27. The molecule has 120 valence electrons. The summed E-state index contributed by atoms with van der Waals surface area (Å²) in [4.78, 5) is 4.80. The Morgan fingerprint density at radius 1 is 1.09 bits per heavy atom. The maximum Gasteiger partial charge on any atom is 0.139 e. The van der Waals surface area contributed by atoms with Gasteiger partial charge in [0, 0.05) is 21.8 Å². The summed E-state index contributed by atoms with van der Waals surface area (Å²) in [5, 5.41) is 3.58. The van der Waals surface area contributed by atoms with Crippen LogP contribution in [0.4, 0.5) is 5.82 Å². The van der Waals surface area contributed by atoms with Crippen molar-refractivity contribution >= 4 is 27.4 Å². The first-order valence-electron chi connectivity index (χ1n) is 7.47. The lowest BCUT2D eigenvalue weighted by atomic mass is 10.1. The number of methoxy groups -OCH3 is 1. The molecule has 4 nitrogen and oxygen atoms in total. The van der Waals surface area contributed by atoms with Gasteiger partial charge in [-0.1, -0.05) is 0 Å². The lowest BCUT2D eigenvalue weighted by Crippen LogP contribution is -2.27. The highest BCUT2D eigenvalue weighted by Gasteiger charge is 2.19. The molecular weight excluding hydrogens is 354 g/mol. The third-order valence-electron chi connectivity index (χ3n) is 3.44. The predicted molar refractivity (Wildman–Crippen MR) is 98.3 cm³/mol. The van der Waals surface area contributed by atoms with Gasteiger partial charge in [-0.3, -0.25) is 4.40 Å². The van der Waals surface area contributed by atoms with E-state index >= 15 is 0 Å². The van der Waals surface area contributed by atoms with Crippen LogP contribution in [0.5, 0.6) is 5.75 Å². The summed E-state index contributed by atoms with van der Waals surface area (Å²) in [5.41, 5.74) is 2.82. The van der Waals surface area contributed by atoms with Gasteiger partial charge in [-0.25, -0.2) is 4.98 Å². The molecule has 0 unspecified atom stereocenters. The molecule has 0 spiro atoms. The Kier molecular flexibility index (Phi) is 4.06. The van der Waals surface area contributed by atoms with Gasteiger partial charge in [0.25, 0.3) is 0 Å². The van der Waals surface area contributed by atoms with Gasteiger partial charge in [0.05, 0.1) is 7.11 Å². The molecule has 0 radical (unpaired) electrons. The van der Waals surface area contributed by atoms with Gasteiger partial charge in [-0.15, -0.1) is 0 Å². The van der Waals surface area contributed by atoms with E-state index in [-0.39, 0.29) is 5.54 Å². The summed E-state index contributed by atoms with van der Waals surface area (Å²) in [6.07, 6.45) is 2.03. The summed E-state index contributed by atoms with van der Waals surface area (Å²) < 4.78 is 8.34. The van der Waals surface area contributed by atoms with Gasteiger partial charge in [0.1, 0.15) is 22.9 Å². The fraction of sp³-hybridized carbons (Fsp3) is 0.278. The number of halogens is 1. The summed E-state index contributed by atoms with van der Waals surface area (Å²) in [5.74, 6) is 1.82. The minimum absolute atomic E-state index is 0.0699. The van der Waals surface area contributed by atoms with Crippen molar-refractivity contribution in [3.05, 3.63) is 47.1 Å². The summed E-state index contributed by atoms with van der Waals surface area (Å²) in [6, 6.07) is 12.0. The maximum atomic E-state index is 5.24. The van der Waals surface area contributed by atoms with Crippen molar-refractivity contribution < 1.29 is 4.74 Å². The third-order valence-corrected chi connectivity index (χ3v) is 3.91. The smallest absolute Gasteiger partial charge is 0.139 e. The van der Waals surface area contributed by atoms with Crippen molar-refractivity contribution in [3.63, 3.8) is 0 Å². The highest BCUT2D eigenvalue weighted by atomic mass is 79.9. The molecule has 5 heteroatoms. The van der Waals surface area contributed by atoms with Crippen molar-refractivity contribution in [1.29, 1.82) is 0 Å². The quantitative estimate of drug-likeness (QED) is 0.703. The molecule has 0 saturated heterocycles. The lowest BCUT2D eigenvalue weighted by molar-refractivity contribution is 0.415. The van der Waals surface area contributed by atoms with Crippen molar-refractivity contribution in [3.8, 4) is 17.0 Å². The molecule has 0 aliphatic rings. The van der Waals surface area contributed by atoms with Gasteiger partial charge < -0.3 is 10.1 Å². The number of anilines is 1. The third kappa shape index (κ3) is 3.34. The SMILES string of the molecule is COc1ccc(-c2nc3ccc(Br)cn3c2NC(C)(C)C)cc1. The van der Waals surface area contributed by atoms with Crippen LogP contribution in [-0.4, -0.2) is 22.0 Å². The fourth-order valence-electron chi connectivity index (χ4n) is 2.44. The van der Waals surface area contributed by atoms with Crippen LogP contribution in [0.25, 0.3) is 16.9 Å². The topological polar surface area (TPSA) is 38.6 Å². The number of imidazole rings is 1. The van der Waals surface area contributed by atoms with E-state index in [1.165, 1.54) is 0 Å². The van der Waals surface area contributed by atoms with Crippen LogP contribution in [0.3, 0.4) is 0 Å². The minimum atomic E-state index is -0.0699. The molecule has 0 amide bonds. The van der Waals surface area contributed by atoms with E-state index in [9.17, 15) is 0 Å². The number of nitrogens with zero attached hydrogens (tertiary/aromatic N) is 2. The number of pyridine rings is 1. The minimum Gasteiger partial charge on any atom is -0.497 e. The van der Waals surface area contributed by atoms with E-state index in [0.717, 1.165) is 32.9 Å². The molecule has 2 heterocycles. The van der Waals surface area contributed by atoms with Crippen LogP contribution < -0.4 is 10.1 Å². The van der Waals surface area contributed by atoms with Crippen LogP contribution in [-0.2, 0) is 0 Å². The summed E-state index contributed by atoms with van der Waals surface area (Å²) in [7, 11) is 1.67. The number of rotatable bonds is 3. The molecule has 1 N–H and O–H groups in total. The van der Waals surface area contributed by atoms with Crippen LogP contribution in [0.15, 0.2) is 47.1 Å². The Balaban J connectivity index is 2.19. The Morgan fingerprint density at radius 2 is 1.78 bits per heavy atom. The molecule has 0 aliphatic carbocycles. The Bertz CT molecular complexity index is 832. The van der Waals surface area contributed by atoms with Crippen molar-refractivity contribution in [2.75, 3.05) is 12.4 Å². The van der Waals surface area contributed by atoms with Gasteiger partial charge in [0.15, 0.2) is 0 Å². The molecule has 2 aromatic heterocycles. The average Bonchev–Trinajstić information content (AvgIpc) is 2.84. The molecule has 0 bridgehead atoms. The van der Waals surface area contributed by atoms with Gasteiger partial charge in [-0.05, 0) is 73.1 Å². The standard InChI is InChI=1S/C18H20BrN3O/c1-18(2,3)21-17-16(12-5-8-14(23-4)9-6-12)20-15-10-7-13(19)11-22(15)17/h5-11,21H,1-4H3. The number of hydrogen-bond acceptors (Lipinski definition) is 3. The van der Waals surface area contributed by atoms with Crippen LogP contribution >= 0.6 is 15.9 Å². The zero-order valence-corrected chi connectivity index (χ0v) is 15.3. The molecule has 0 atom stereocenters. The molecule has 0 fully saturated rings. The molecule has 3 aromatic rings. The van der Waals surface area contributed by atoms with Crippen LogP contribution in [0.1, 0.15) is 20.8 Å². The second-order valence-corrected chi connectivity index (χ2v) is 7.40.